The molecule has 6 nitrogen and oxygen atoms in total. The third-order valence-corrected chi connectivity index (χ3v) is 2.45. The lowest BCUT2D eigenvalue weighted by Gasteiger charge is -2.04. The lowest BCUT2D eigenvalue weighted by atomic mass is 10.3. The Bertz CT molecular complexity index is 525. The minimum atomic E-state index is 0.369. The van der Waals surface area contributed by atoms with Crippen LogP contribution in [0.3, 0.4) is 0 Å². The van der Waals surface area contributed by atoms with Crippen molar-refractivity contribution in [3.8, 4) is 5.75 Å². The van der Waals surface area contributed by atoms with Crippen molar-refractivity contribution < 1.29 is 9.15 Å². The van der Waals surface area contributed by atoms with Crippen LogP contribution in [-0.4, -0.2) is 23.3 Å². The van der Waals surface area contributed by atoms with E-state index in [4.69, 9.17) is 9.15 Å². The number of hydrogen-bond donors (Lipinski definition) is 2. The lowest BCUT2D eigenvalue weighted by Crippen LogP contribution is -2.21. The summed E-state index contributed by atoms with van der Waals surface area (Å²) in [4.78, 5) is 0. The molecular weight excluding hydrogens is 244 g/mol. The van der Waals surface area contributed by atoms with E-state index in [1.54, 1.807) is 7.11 Å². The van der Waals surface area contributed by atoms with Gasteiger partial charge in [-0.05, 0) is 12.1 Å². The van der Waals surface area contributed by atoms with Crippen LogP contribution in [0.4, 0.5) is 11.7 Å². The van der Waals surface area contributed by atoms with Crippen molar-refractivity contribution in [2.45, 2.75) is 26.4 Å². The number of aromatic nitrogens is 2. The molecule has 0 unspecified atom stereocenters. The van der Waals surface area contributed by atoms with E-state index in [0.29, 0.717) is 24.5 Å². The van der Waals surface area contributed by atoms with Crippen LogP contribution in [0.15, 0.2) is 28.7 Å². The Labute approximate surface area is 112 Å². The molecule has 0 aliphatic carbocycles. The van der Waals surface area contributed by atoms with Crippen LogP contribution in [0.2, 0.25) is 0 Å². The molecule has 0 bridgehead atoms. The van der Waals surface area contributed by atoms with Gasteiger partial charge in [-0.3, -0.25) is 0 Å². The molecule has 2 rings (SSSR count). The van der Waals surface area contributed by atoms with E-state index in [2.05, 4.69) is 34.7 Å². The molecule has 6 heteroatoms. The molecule has 2 N–H and O–H groups in total. The van der Waals surface area contributed by atoms with Gasteiger partial charge in [-0.1, -0.05) is 25.0 Å². The summed E-state index contributed by atoms with van der Waals surface area (Å²) in [5.74, 6) is 1.32. The molecule has 1 aromatic carbocycles. The Morgan fingerprint density at radius 2 is 2.16 bits per heavy atom. The van der Waals surface area contributed by atoms with Crippen LogP contribution in [0.1, 0.15) is 19.7 Å². The topological polar surface area (TPSA) is 72.2 Å². The number of nitrogens with one attached hydrogen (secondary N) is 2. The van der Waals surface area contributed by atoms with Gasteiger partial charge in [0.2, 0.25) is 5.89 Å². The van der Waals surface area contributed by atoms with Gasteiger partial charge in [0, 0.05) is 17.8 Å². The molecule has 0 aliphatic heterocycles. The van der Waals surface area contributed by atoms with E-state index in [-0.39, 0.29) is 0 Å². The first-order chi connectivity index (χ1) is 9.17. The summed E-state index contributed by atoms with van der Waals surface area (Å²) in [6, 6.07) is 8.26. The maximum Gasteiger partial charge on any atom is 0.320 e. The van der Waals surface area contributed by atoms with Gasteiger partial charge in [0.1, 0.15) is 5.75 Å². The van der Waals surface area contributed by atoms with Crippen molar-refractivity contribution in [1.29, 1.82) is 0 Å². The Morgan fingerprint density at radius 1 is 1.32 bits per heavy atom. The minimum Gasteiger partial charge on any atom is -0.497 e. The van der Waals surface area contributed by atoms with Crippen molar-refractivity contribution in [2.75, 3.05) is 12.4 Å². The van der Waals surface area contributed by atoms with Crippen molar-refractivity contribution in [2.24, 2.45) is 0 Å². The normalized spacial score (nSPS) is 10.7. The van der Waals surface area contributed by atoms with E-state index >= 15 is 0 Å². The average Bonchev–Trinajstić information content (AvgIpc) is 2.84. The number of hydrogen-bond acceptors (Lipinski definition) is 6. The van der Waals surface area contributed by atoms with Crippen molar-refractivity contribution in [3.05, 3.63) is 30.2 Å². The average molecular weight is 262 g/mol. The monoisotopic (exact) mass is 262 g/mol. The van der Waals surface area contributed by atoms with Crippen molar-refractivity contribution in [3.63, 3.8) is 0 Å². The van der Waals surface area contributed by atoms with E-state index in [9.17, 15) is 0 Å². The molecule has 19 heavy (non-hydrogen) atoms. The Morgan fingerprint density at radius 3 is 2.89 bits per heavy atom. The second-order valence-electron chi connectivity index (χ2n) is 4.39. The molecular formula is C13H18N4O2. The van der Waals surface area contributed by atoms with Crippen molar-refractivity contribution in [1.82, 2.24) is 15.5 Å². The Kier molecular flexibility index (Phi) is 4.35. The highest BCUT2D eigenvalue weighted by atomic mass is 16.5. The van der Waals surface area contributed by atoms with Crippen LogP contribution in [-0.2, 0) is 6.54 Å². The number of rotatable bonds is 6. The number of ether oxygens (including phenoxy) is 1. The van der Waals surface area contributed by atoms with Crippen LogP contribution in [0.5, 0.6) is 5.75 Å². The summed E-state index contributed by atoms with van der Waals surface area (Å²) in [6.45, 7) is 4.68. The highest BCUT2D eigenvalue weighted by molar-refractivity contribution is 5.54. The summed E-state index contributed by atoms with van der Waals surface area (Å²) >= 11 is 0. The molecule has 0 fully saturated rings. The summed E-state index contributed by atoms with van der Waals surface area (Å²) < 4.78 is 10.6. The van der Waals surface area contributed by atoms with E-state index < -0.39 is 0 Å². The zero-order valence-corrected chi connectivity index (χ0v) is 11.3. The molecule has 2 aromatic rings. The number of anilines is 2. The number of benzene rings is 1. The SMILES string of the molecule is COc1cccc(Nc2nnc(CNC(C)C)o2)c1. The molecule has 0 amide bonds. The summed E-state index contributed by atoms with van der Waals surface area (Å²) in [5, 5.41) is 14.1. The fourth-order valence-corrected chi connectivity index (χ4v) is 1.49. The smallest absolute Gasteiger partial charge is 0.320 e. The molecule has 1 heterocycles. The maximum absolute atomic E-state index is 5.47. The van der Waals surface area contributed by atoms with Gasteiger partial charge in [0.05, 0.1) is 13.7 Å². The standard InChI is InChI=1S/C13H18N4O2/c1-9(2)14-8-12-16-17-13(19-12)15-10-5-4-6-11(7-10)18-3/h4-7,9,14H,8H2,1-3H3,(H,15,17). The fraction of sp³-hybridized carbons (Fsp3) is 0.385. The van der Waals surface area contributed by atoms with Gasteiger partial charge in [-0.2, -0.15) is 0 Å². The molecule has 0 radical (unpaired) electrons. The first-order valence-corrected chi connectivity index (χ1v) is 6.14. The van der Waals surface area contributed by atoms with Crippen LogP contribution >= 0.6 is 0 Å². The minimum absolute atomic E-state index is 0.369. The third-order valence-electron chi connectivity index (χ3n) is 2.45. The predicted octanol–water partition coefficient (Wildman–Crippen LogP) is 2.32. The molecule has 0 saturated heterocycles. The number of methoxy groups -OCH3 is 1. The second kappa shape index (κ2) is 6.19. The highest BCUT2D eigenvalue weighted by Gasteiger charge is 2.06. The van der Waals surface area contributed by atoms with Crippen molar-refractivity contribution >= 4 is 11.7 Å². The Hall–Kier alpha value is -2.08. The van der Waals surface area contributed by atoms with Crippen LogP contribution in [0, 0.1) is 0 Å². The Balaban J connectivity index is 1.99. The molecule has 1 aromatic heterocycles. The van der Waals surface area contributed by atoms with Gasteiger partial charge in [-0.25, -0.2) is 0 Å². The lowest BCUT2D eigenvalue weighted by molar-refractivity contribution is 0.415. The highest BCUT2D eigenvalue weighted by Crippen LogP contribution is 2.20. The first kappa shape index (κ1) is 13.4. The van der Waals surface area contributed by atoms with Gasteiger partial charge in [0.15, 0.2) is 0 Å². The molecule has 102 valence electrons. The van der Waals surface area contributed by atoms with E-state index in [0.717, 1.165) is 11.4 Å². The third kappa shape index (κ3) is 3.96. The second-order valence-corrected chi connectivity index (χ2v) is 4.39. The summed E-state index contributed by atoms with van der Waals surface area (Å²) in [5.41, 5.74) is 0.839. The van der Waals surface area contributed by atoms with E-state index in [1.165, 1.54) is 0 Å². The number of nitrogens with zero attached hydrogens (tertiary/aromatic N) is 2. The van der Waals surface area contributed by atoms with E-state index in [1.807, 2.05) is 24.3 Å². The predicted molar refractivity (Wildman–Crippen MR) is 72.6 cm³/mol. The fourth-order valence-electron chi connectivity index (χ4n) is 1.49. The zero-order chi connectivity index (χ0) is 13.7. The molecule has 0 spiro atoms. The summed E-state index contributed by atoms with van der Waals surface area (Å²) in [7, 11) is 1.63. The first-order valence-electron chi connectivity index (χ1n) is 6.14. The molecule has 0 aliphatic rings. The van der Waals surface area contributed by atoms with Crippen LogP contribution in [0.25, 0.3) is 0 Å². The van der Waals surface area contributed by atoms with Gasteiger partial charge in [0.25, 0.3) is 0 Å². The van der Waals surface area contributed by atoms with Gasteiger partial charge in [-0.15, -0.1) is 5.10 Å². The summed E-state index contributed by atoms with van der Waals surface area (Å²) in [6.07, 6.45) is 0. The van der Waals surface area contributed by atoms with Crippen LogP contribution < -0.4 is 15.4 Å². The molecule has 0 saturated carbocycles. The van der Waals surface area contributed by atoms with Gasteiger partial charge < -0.3 is 19.8 Å². The van der Waals surface area contributed by atoms with Gasteiger partial charge >= 0.3 is 6.01 Å². The quantitative estimate of drug-likeness (QED) is 0.832. The molecule has 0 atom stereocenters. The largest absolute Gasteiger partial charge is 0.497 e. The zero-order valence-electron chi connectivity index (χ0n) is 11.3. The maximum atomic E-state index is 5.47.